The van der Waals surface area contributed by atoms with Crippen molar-refractivity contribution in [3.05, 3.63) is 35.9 Å². The Morgan fingerprint density at radius 3 is 2.48 bits per heavy atom. The van der Waals surface area contributed by atoms with Crippen LogP contribution in [0.4, 0.5) is 0 Å². The monoisotopic (exact) mass is 372 g/mol. The van der Waals surface area contributed by atoms with Gasteiger partial charge in [0.15, 0.2) is 0 Å². The molecule has 1 saturated carbocycles. The molecule has 3 nitrogen and oxygen atoms in total. The molecule has 2 fully saturated rings. The van der Waals surface area contributed by atoms with Crippen molar-refractivity contribution in [3.8, 4) is 0 Å². The number of rotatable bonds is 10. The molecule has 0 aromatic heterocycles. The maximum atomic E-state index is 9.05. The summed E-state index contributed by atoms with van der Waals surface area (Å²) < 4.78 is 0. The van der Waals surface area contributed by atoms with E-state index in [2.05, 4.69) is 54.0 Å². The minimum atomic E-state index is 0.320. The second kappa shape index (κ2) is 10.6. The second-order valence-corrected chi connectivity index (χ2v) is 8.90. The number of likely N-dealkylation sites (tertiary alicyclic amines) is 1. The van der Waals surface area contributed by atoms with Gasteiger partial charge in [0, 0.05) is 19.7 Å². The summed E-state index contributed by atoms with van der Waals surface area (Å²) in [7, 11) is 0. The van der Waals surface area contributed by atoms with E-state index < -0.39 is 0 Å². The summed E-state index contributed by atoms with van der Waals surface area (Å²) in [6, 6.07) is 11.1. The lowest BCUT2D eigenvalue weighted by Gasteiger charge is -2.46. The molecule has 1 aromatic rings. The summed E-state index contributed by atoms with van der Waals surface area (Å²) in [5.74, 6) is 3.44. The highest BCUT2D eigenvalue weighted by molar-refractivity contribution is 5.20. The SMILES string of the molecule is CCN(CCCO)CC1CC(CCN2CCC(c3ccccc3)CC2)C1C. The Hall–Kier alpha value is -0.900. The van der Waals surface area contributed by atoms with E-state index in [0.29, 0.717) is 6.61 Å². The van der Waals surface area contributed by atoms with E-state index in [1.165, 1.54) is 57.4 Å². The van der Waals surface area contributed by atoms with Crippen LogP contribution in [0.5, 0.6) is 0 Å². The Morgan fingerprint density at radius 2 is 1.85 bits per heavy atom. The van der Waals surface area contributed by atoms with Crippen LogP contribution in [0.15, 0.2) is 30.3 Å². The first-order valence-electron chi connectivity index (χ1n) is 11.3. The number of aliphatic hydroxyl groups is 1. The van der Waals surface area contributed by atoms with Crippen LogP contribution in [-0.4, -0.2) is 60.8 Å². The van der Waals surface area contributed by atoms with Crippen LogP contribution >= 0.6 is 0 Å². The standard InChI is InChI=1S/C24H40N2O/c1-3-25(13-7-17-27)19-24-18-23(20(24)2)12-16-26-14-10-22(11-15-26)21-8-5-4-6-9-21/h4-6,8-9,20,22-24,27H,3,7,10-19H2,1-2H3. The van der Waals surface area contributed by atoms with Gasteiger partial charge in [0.25, 0.3) is 0 Å². The lowest BCUT2D eigenvalue weighted by molar-refractivity contribution is 0.0359. The molecule has 0 amide bonds. The van der Waals surface area contributed by atoms with Gasteiger partial charge in [0.05, 0.1) is 0 Å². The van der Waals surface area contributed by atoms with Crippen molar-refractivity contribution in [1.82, 2.24) is 9.80 Å². The van der Waals surface area contributed by atoms with Gasteiger partial charge >= 0.3 is 0 Å². The first-order valence-corrected chi connectivity index (χ1v) is 11.3. The maximum Gasteiger partial charge on any atom is 0.0443 e. The zero-order valence-electron chi connectivity index (χ0n) is 17.5. The highest BCUT2D eigenvalue weighted by Gasteiger charge is 2.38. The van der Waals surface area contributed by atoms with Crippen LogP contribution in [0, 0.1) is 17.8 Å². The summed E-state index contributed by atoms with van der Waals surface area (Å²) in [5.41, 5.74) is 1.54. The smallest absolute Gasteiger partial charge is 0.0443 e. The quantitative estimate of drug-likeness (QED) is 0.666. The summed E-state index contributed by atoms with van der Waals surface area (Å²) in [6.45, 7) is 12.3. The molecule has 1 saturated heterocycles. The summed E-state index contributed by atoms with van der Waals surface area (Å²) >= 11 is 0. The fourth-order valence-electron chi connectivity index (χ4n) is 5.20. The largest absolute Gasteiger partial charge is 0.396 e. The molecule has 152 valence electrons. The van der Waals surface area contributed by atoms with Crippen LogP contribution in [-0.2, 0) is 0 Å². The van der Waals surface area contributed by atoms with Gasteiger partial charge in [-0.1, -0.05) is 44.2 Å². The number of piperidine rings is 1. The van der Waals surface area contributed by atoms with Crippen LogP contribution in [0.2, 0.25) is 0 Å². The second-order valence-electron chi connectivity index (χ2n) is 8.90. The van der Waals surface area contributed by atoms with E-state index in [1.54, 1.807) is 0 Å². The van der Waals surface area contributed by atoms with Crippen LogP contribution in [0.1, 0.15) is 57.4 Å². The Morgan fingerprint density at radius 1 is 1.11 bits per heavy atom. The molecule has 1 heterocycles. The minimum Gasteiger partial charge on any atom is -0.396 e. The van der Waals surface area contributed by atoms with Gasteiger partial charge in [0.2, 0.25) is 0 Å². The minimum absolute atomic E-state index is 0.320. The molecule has 2 aliphatic rings. The van der Waals surface area contributed by atoms with E-state index in [9.17, 15) is 0 Å². The van der Waals surface area contributed by atoms with Crippen molar-refractivity contribution in [1.29, 1.82) is 0 Å². The molecular weight excluding hydrogens is 332 g/mol. The highest BCUT2D eigenvalue weighted by atomic mass is 16.3. The van der Waals surface area contributed by atoms with Gasteiger partial charge in [-0.2, -0.15) is 0 Å². The zero-order chi connectivity index (χ0) is 19.1. The Bertz CT molecular complexity index is 526. The molecule has 0 spiro atoms. The molecule has 1 aliphatic carbocycles. The molecule has 27 heavy (non-hydrogen) atoms. The number of hydrogen-bond donors (Lipinski definition) is 1. The first kappa shape index (κ1) is 20.8. The molecular formula is C24H40N2O. The normalized spacial score (nSPS) is 27.0. The third kappa shape index (κ3) is 5.79. The van der Waals surface area contributed by atoms with Crippen LogP contribution in [0.3, 0.4) is 0 Å². The number of nitrogens with zero attached hydrogens (tertiary/aromatic N) is 2. The number of benzene rings is 1. The van der Waals surface area contributed by atoms with Gasteiger partial charge in [-0.25, -0.2) is 0 Å². The molecule has 3 unspecified atom stereocenters. The summed E-state index contributed by atoms with van der Waals surface area (Å²) in [4.78, 5) is 5.24. The Labute approximate surface area is 166 Å². The molecule has 3 rings (SSSR count). The Kier molecular flexibility index (Phi) is 8.17. The molecule has 1 N–H and O–H groups in total. The lowest BCUT2D eigenvalue weighted by atomic mass is 9.64. The topological polar surface area (TPSA) is 26.7 Å². The van der Waals surface area contributed by atoms with Crippen molar-refractivity contribution < 1.29 is 5.11 Å². The highest BCUT2D eigenvalue weighted by Crippen LogP contribution is 2.43. The molecule has 1 aromatic carbocycles. The zero-order valence-corrected chi connectivity index (χ0v) is 17.5. The number of hydrogen-bond acceptors (Lipinski definition) is 3. The van der Waals surface area contributed by atoms with Crippen molar-refractivity contribution >= 4 is 0 Å². The van der Waals surface area contributed by atoms with E-state index in [1.807, 2.05) is 0 Å². The third-order valence-electron chi connectivity index (χ3n) is 7.34. The third-order valence-corrected chi connectivity index (χ3v) is 7.34. The summed E-state index contributed by atoms with van der Waals surface area (Å²) in [5, 5.41) is 9.05. The van der Waals surface area contributed by atoms with Crippen molar-refractivity contribution in [2.24, 2.45) is 17.8 Å². The molecule has 3 heteroatoms. The average molecular weight is 373 g/mol. The van der Waals surface area contributed by atoms with E-state index in [4.69, 9.17) is 5.11 Å². The predicted molar refractivity (Wildman–Crippen MR) is 114 cm³/mol. The van der Waals surface area contributed by atoms with Gasteiger partial charge in [-0.15, -0.1) is 0 Å². The van der Waals surface area contributed by atoms with Gasteiger partial charge < -0.3 is 14.9 Å². The van der Waals surface area contributed by atoms with E-state index >= 15 is 0 Å². The van der Waals surface area contributed by atoms with Crippen molar-refractivity contribution in [2.45, 2.75) is 51.9 Å². The first-order chi connectivity index (χ1) is 13.2. The van der Waals surface area contributed by atoms with Crippen LogP contribution in [0.25, 0.3) is 0 Å². The fourth-order valence-corrected chi connectivity index (χ4v) is 5.20. The van der Waals surface area contributed by atoms with Crippen molar-refractivity contribution in [2.75, 3.05) is 45.9 Å². The molecule has 0 radical (unpaired) electrons. The Balaban J connectivity index is 1.32. The van der Waals surface area contributed by atoms with Gasteiger partial charge in [-0.3, -0.25) is 0 Å². The molecule has 3 atom stereocenters. The van der Waals surface area contributed by atoms with Crippen LogP contribution < -0.4 is 0 Å². The van der Waals surface area contributed by atoms with E-state index in [0.717, 1.165) is 43.2 Å². The molecule has 0 bridgehead atoms. The maximum absolute atomic E-state index is 9.05. The lowest BCUT2D eigenvalue weighted by Crippen LogP contribution is -2.44. The van der Waals surface area contributed by atoms with Gasteiger partial charge in [0.1, 0.15) is 0 Å². The number of aliphatic hydroxyl groups excluding tert-OH is 1. The average Bonchev–Trinajstić information content (AvgIpc) is 2.73. The van der Waals surface area contributed by atoms with E-state index in [-0.39, 0.29) is 0 Å². The predicted octanol–water partition coefficient (Wildman–Crippen LogP) is 4.23. The summed E-state index contributed by atoms with van der Waals surface area (Å²) in [6.07, 6.45) is 6.36. The van der Waals surface area contributed by atoms with Crippen molar-refractivity contribution in [3.63, 3.8) is 0 Å². The molecule has 1 aliphatic heterocycles. The van der Waals surface area contributed by atoms with Gasteiger partial charge in [-0.05, 0) is 87.5 Å². The fraction of sp³-hybridized carbons (Fsp3) is 0.750.